The van der Waals surface area contributed by atoms with Gasteiger partial charge < -0.3 is 83.8 Å². The third-order valence-corrected chi connectivity index (χ3v) is 19.0. The lowest BCUT2D eigenvalue weighted by molar-refractivity contribution is 0.452. The molecular formula is C69H68Br8N10O6S5. The van der Waals surface area contributed by atoms with Gasteiger partial charge in [0.25, 0.3) is 0 Å². The van der Waals surface area contributed by atoms with Crippen LogP contribution < -0.4 is 53.2 Å². The number of phenolic OH excluding ortho intramolecular Hbond substituents is 6. The van der Waals surface area contributed by atoms with E-state index in [0.717, 1.165) is 59.9 Å². The summed E-state index contributed by atoms with van der Waals surface area (Å²) in [5, 5.41) is 90.7. The van der Waals surface area contributed by atoms with Crippen molar-refractivity contribution >= 4 is 248 Å². The highest BCUT2D eigenvalue weighted by Crippen LogP contribution is 2.38. The first kappa shape index (κ1) is 82.7. The average Bonchev–Trinajstić information content (AvgIpc) is 0.888. The number of unbranched alkanes of at least 4 members (excludes halogenated alkanes) is 2. The molecule has 98 heavy (non-hydrogen) atoms. The van der Waals surface area contributed by atoms with E-state index in [1.54, 1.807) is 54.6 Å². The quantitative estimate of drug-likeness (QED) is 0.0175. The molecule has 9 aromatic carbocycles. The van der Waals surface area contributed by atoms with Gasteiger partial charge in [0, 0.05) is 60.7 Å². The largest absolute Gasteiger partial charge is 0.508 e. The first-order chi connectivity index (χ1) is 46.8. The van der Waals surface area contributed by atoms with Gasteiger partial charge in [-0.1, -0.05) is 123 Å². The summed E-state index contributed by atoms with van der Waals surface area (Å²) in [5.74, 6) is 0.621. The fourth-order valence-corrected chi connectivity index (χ4v) is 13.8. The lowest BCUT2D eigenvalue weighted by Gasteiger charge is -2.13. The molecule has 29 heteroatoms. The number of para-hydroxylation sites is 1. The molecule has 0 aliphatic carbocycles. The van der Waals surface area contributed by atoms with Crippen LogP contribution in [0, 0.1) is 6.92 Å². The summed E-state index contributed by atoms with van der Waals surface area (Å²) in [5.41, 5.74) is 9.32. The van der Waals surface area contributed by atoms with Crippen LogP contribution in [-0.4, -0.2) is 69.3 Å². The van der Waals surface area contributed by atoms with Gasteiger partial charge in [-0.2, -0.15) is 0 Å². The van der Waals surface area contributed by atoms with Gasteiger partial charge in [-0.05, 0) is 303 Å². The van der Waals surface area contributed by atoms with Gasteiger partial charge in [0.1, 0.15) is 34.5 Å². The van der Waals surface area contributed by atoms with Crippen molar-refractivity contribution in [1.29, 1.82) is 0 Å². The van der Waals surface area contributed by atoms with Crippen LogP contribution in [0.2, 0.25) is 0 Å². The Bertz CT molecular complexity index is 4040. The van der Waals surface area contributed by atoms with E-state index in [-0.39, 0.29) is 34.5 Å². The second-order valence-corrected chi connectivity index (χ2v) is 29.4. The van der Waals surface area contributed by atoms with E-state index >= 15 is 0 Å². The van der Waals surface area contributed by atoms with Crippen molar-refractivity contribution < 1.29 is 30.6 Å². The maximum Gasteiger partial charge on any atom is 0.175 e. The second-order valence-electron chi connectivity index (χ2n) is 20.5. The molecular weight excluding hydrogens is 1860 g/mol. The molecule has 16 N–H and O–H groups in total. The van der Waals surface area contributed by atoms with Gasteiger partial charge in [-0.15, -0.1) is 0 Å². The fourth-order valence-electron chi connectivity index (χ4n) is 7.99. The molecule has 0 unspecified atom stereocenters. The molecule has 0 saturated heterocycles. The van der Waals surface area contributed by atoms with Crippen molar-refractivity contribution in [2.75, 3.05) is 45.0 Å². The predicted octanol–water partition coefficient (Wildman–Crippen LogP) is 20.9. The first-order valence-corrected chi connectivity index (χ1v) is 37.9. The summed E-state index contributed by atoms with van der Waals surface area (Å²) >= 11 is 52.3. The van der Waals surface area contributed by atoms with Crippen LogP contribution in [0.5, 0.6) is 34.5 Å². The number of phenols is 6. The Morgan fingerprint density at radius 3 is 1.11 bits per heavy atom. The highest BCUT2D eigenvalue weighted by molar-refractivity contribution is 9.12. The Labute approximate surface area is 664 Å². The van der Waals surface area contributed by atoms with Gasteiger partial charge in [0.2, 0.25) is 0 Å². The zero-order valence-electron chi connectivity index (χ0n) is 52.2. The minimum absolute atomic E-state index is 0.0000121. The van der Waals surface area contributed by atoms with Crippen LogP contribution in [0.4, 0.5) is 34.1 Å². The van der Waals surface area contributed by atoms with Crippen LogP contribution in [-0.2, 0) is 19.5 Å². The zero-order valence-corrected chi connectivity index (χ0v) is 69.0. The number of thiocarbonyl (C=S) groups is 5. The monoisotopic (exact) mass is 1920 g/mol. The number of aromatic hydroxyl groups is 6. The number of nitrogens with one attached hydrogen (secondary N) is 10. The summed E-state index contributed by atoms with van der Waals surface area (Å²) in [4.78, 5) is 0. The second kappa shape index (κ2) is 44.3. The zero-order chi connectivity index (χ0) is 71.7. The standard InChI is InChI=1S/2C15H14Br2N2OS.C14H12Br2N2OS.C13H12N2O2S.C12H16Br2N2OS/c1-9-4-2-3-5-10(9)8-18-15(21)19-11-6-12(16)14(20)13(17)7-11;16-12-8-11(9-13(17)14(12)20)19-15(21)18-7-6-10-4-2-1-3-5-10;15-11-6-10(7-12(16)13(11)19)18-14(20)17-8-9-4-2-1-3-5-9;16-10-6-7-11(12(17)8-10)15-13(18)14-9-4-2-1-3-5-9;1-2-3-4-5-15-12(18)16-8-6-9(13)11(17)10(14)7-8/h2-7,20H,8H2,1H3,(H2,18,19,21);1-5,8-9,20H,6-7H2,(H2,18,19,21);1-7,19H,8H2,(H2,17,18,20);1-8,16-17H,(H2,14,15,18);6-7,17H,2-5H2,1H3,(H2,15,16,18). The SMILES string of the molecule is CCCCCNC(=S)Nc1cc(Br)c(O)c(Br)c1.Cc1ccccc1CNC(=S)Nc1cc(Br)c(O)c(Br)c1.Oc1c(Br)cc(NC(=S)NCCc2ccccc2)cc1Br.Oc1c(Br)cc(NC(=S)NCc2ccccc2)cc1Br.Oc1ccc(NC(=S)Nc2ccccc2)c(O)c1. The molecule has 16 nitrogen and oxygen atoms in total. The Morgan fingerprint density at radius 2 is 0.704 bits per heavy atom. The number of hydrogen-bond donors (Lipinski definition) is 16. The highest BCUT2D eigenvalue weighted by atomic mass is 79.9. The molecule has 9 rings (SSSR count). The maximum absolute atomic E-state index is 9.68. The number of hydrogen-bond acceptors (Lipinski definition) is 11. The van der Waals surface area contributed by atoms with Crippen molar-refractivity contribution in [2.24, 2.45) is 0 Å². The van der Waals surface area contributed by atoms with E-state index in [1.165, 1.54) is 41.7 Å². The van der Waals surface area contributed by atoms with Gasteiger partial charge in [-0.25, -0.2) is 0 Å². The van der Waals surface area contributed by atoms with E-state index in [2.05, 4.69) is 219 Å². The fraction of sp³-hybridized carbons (Fsp3) is 0.145. The average molecular weight is 1930 g/mol. The molecule has 0 bridgehead atoms. The predicted molar refractivity (Wildman–Crippen MR) is 452 cm³/mol. The molecule has 0 fully saturated rings. The van der Waals surface area contributed by atoms with E-state index < -0.39 is 0 Å². The minimum atomic E-state index is -0.0628. The van der Waals surface area contributed by atoms with E-state index in [0.29, 0.717) is 80.1 Å². The van der Waals surface area contributed by atoms with E-state index in [9.17, 15) is 30.6 Å². The summed E-state index contributed by atoms with van der Waals surface area (Å²) in [6, 6.07) is 56.3. The van der Waals surface area contributed by atoms with Gasteiger partial charge in [0.15, 0.2) is 25.6 Å². The van der Waals surface area contributed by atoms with Gasteiger partial charge >= 0.3 is 0 Å². The Balaban J connectivity index is 0.000000222. The molecule has 0 radical (unpaired) electrons. The summed E-state index contributed by atoms with van der Waals surface area (Å²) in [7, 11) is 0. The minimum Gasteiger partial charge on any atom is -0.508 e. The van der Waals surface area contributed by atoms with Crippen molar-refractivity contribution in [3.63, 3.8) is 0 Å². The maximum atomic E-state index is 9.68. The van der Waals surface area contributed by atoms with Crippen LogP contribution >= 0.6 is 189 Å². The summed E-state index contributed by atoms with van der Waals surface area (Å²) in [6.45, 7) is 7.20. The van der Waals surface area contributed by atoms with Crippen LogP contribution in [0.25, 0.3) is 0 Å². The summed E-state index contributed by atoms with van der Waals surface area (Å²) in [6.07, 6.45) is 4.42. The van der Waals surface area contributed by atoms with Crippen LogP contribution in [0.3, 0.4) is 0 Å². The third kappa shape index (κ3) is 30.9. The number of rotatable bonds is 17. The number of aryl methyl sites for hydroxylation is 1. The molecule has 9 aromatic rings. The topological polar surface area (TPSA) is 242 Å². The summed E-state index contributed by atoms with van der Waals surface area (Å²) < 4.78 is 4.84. The lowest BCUT2D eigenvalue weighted by atomic mass is 10.1. The first-order valence-electron chi connectivity index (χ1n) is 29.5. The molecule has 0 saturated carbocycles. The normalized spacial score (nSPS) is 10.1. The molecule has 0 atom stereocenters. The molecule has 0 amide bonds. The number of benzene rings is 9. The highest BCUT2D eigenvalue weighted by Gasteiger charge is 2.12. The Morgan fingerprint density at radius 1 is 0.347 bits per heavy atom. The van der Waals surface area contributed by atoms with Crippen LogP contribution in [0.15, 0.2) is 218 Å². The van der Waals surface area contributed by atoms with Crippen molar-refractivity contribution in [3.05, 3.63) is 240 Å². The molecule has 0 aliphatic rings. The molecule has 0 aromatic heterocycles. The van der Waals surface area contributed by atoms with Gasteiger partial charge in [-0.3, -0.25) is 0 Å². The molecule has 0 aliphatic heterocycles. The Kier molecular flexibility index (Phi) is 37.4. The third-order valence-electron chi connectivity index (χ3n) is 13.0. The molecule has 0 heterocycles. The number of halogens is 8. The van der Waals surface area contributed by atoms with Crippen molar-refractivity contribution in [2.45, 2.75) is 52.6 Å². The van der Waals surface area contributed by atoms with Crippen LogP contribution in [0.1, 0.15) is 48.4 Å². The molecule has 0 spiro atoms. The van der Waals surface area contributed by atoms with E-state index in [4.69, 9.17) is 61.1 Å². The van der Waals surface area contributed by atoms with Crippen molar-refractivity contribution in [3.8, 4) is 34.5 Å². The Hall–Kier alpha value is -5.93. The van der Waals surface area contributed by atoms with Gasteiger partial charge in [0.05, 0.1) is 41.5 Å². The smallest absolute Gasteiger partial charge is 0.175 e. The van der Waals surface area contributed by atoms with Crippen molar-refractivity contribution in [1.82, 2.24) is 21.3 Å². The lowest BCUT2D eigenvalue weighted by Crippen LogP contribution is -2.30. The molecule has 516 valence electrons. The number of anilines is 6. The van der Waals surface area contributed by atoms with E-state index in [1.807, 2.05) is 91.0 Å².